The van der Waals surface area contributed by atoms with E-state index in [0.717, 1.165) is 6.42 Å². The first kappa shape index (κ1) is 19.2. The Morgan fingerprint density at radius 3 is 1.68 bits per heavy atom. The summed E-state index contributed by atoms with van der Waals surface area (Å²) >= 11 is 0. The van der Waals surface area contributed by atoms with Gasteiger partial charge >= 0.3 is 0 Å². The summed E-state index contributed by atoms with van der Waals surface area (Å²) in [6, 6.07) is 8.90. The van der Waals surface area contributed by atoms with E-state index in [4.69, 9.17) is 5.73 Å². The van der Waals surface area contributed by atoms with Crippen molar-refractivity contribution in [2.75, 3.05) is 0 Å². The third-order valence-electron chi connectivity index (χ3n) is 4.62. The van der Waals surface area contributed by atoms with Crippen LogP contribution in [0.1, 0.15) is 101 Å². The van der Waals surface area contributed by atoms with Gasteiger partial charge in [-0.25, -0.2) is 0 Å². The molecule has 0 amide bonds. The molecule has 0 aliphatic rings. The quantitative estimate of drug-likeness (QED) is 0.403. The molecule has 0 saturated heterocycles. The predicted octanol–water partition coefficient (Wildman–Crippen LogP) is 6.70. The third-order valence-corrected chi connectivity index (χ3v) is 4.62. The molecule has 0 radical (unpaired) electrons. The fraction of sp³-hybridized carbons (Fsp3) is 0.714. The summed E-state index contributed by atoms with van der Waals surface area (Å²) in [4.78, 5) is 0. The average molecular weight is 304 g/mol. The molecule has 0 aliphatic carbocycles. The SMILES string of the molecule is CCCCCCCCCCCCCC(N)c1ccc(C)cc1. The molecule has 0 aliphatic heterocycles. The van der Waals surface area contributed by atoms with Crippen LogP contribution in [-0.2, 0) is 0 Å². The van der Waals surface area contributed by atoms with Crippen molar-refractivity contribution in [3.8, 4) is 0 Å². The summed E-state index contributed by atoms with van der Waals surface area (Å²) in [5.74, 6) is 0. The van der Waals surface area contributed by atoms with Crippen LogP contribution in [0, 0.1) is 6.92 Å². The fourth-order valence-electron chi connectivity index (χ4n) is 3.01. The van der Waals surface area contributed by atoms with Crippen molar-refractivity contribution >= 4 is 0 Å². The molecule has 0 spiro atoms. The van der Waals surface area contributed by atoms with Crippen molar-refractivity contribution in [1.82, 2.24) is 0 Å². The Morgan fingerprint density at radius 1 is 0.727 bits per heavy atom. The van der Waals surface area contributed by atoms with Gasteiger partial charge in [0.25, 0.3) is 0 Å². The number of unbranched alkanes of at least 4 members (excludes halogenated alkanes) is 10. The van der Waals surface area contributed by atoms with Crippen molar-refractivity contribution in [2.45, 2.75) is 96.9 Å². The Bertz CT molecular complexity index is 355. The van der Waals surface area contributed by atoms with Crippen LogP contribution in [0.15, 0.2) is 24.3 Å². The smallest absolute Gasteiger partial charge is 0.0294 e. The van der Waals surface area contributed by atoms with E-state index < -0.39 is 0 Å². The molecule has 1 aromatic rings. The van der Waals surface area contributed by atoms with Gasteiger partial charge < -0.3 is 5.73 Å². The largest absolute Gasteiger partial charge is 0.324 e. The van der Waals surface area contributed by atoms with E-state index in [-0.39, 0.29) is 6.04 Å². The molecular formula is C21H37N. The summed E-state index contributed by atoms with van der Waals surface area (Å²) in [5.41, 5.74) is 8.87. The fourth-order valence-corrected chi connectivity index (χ4v) is 3.01. The van der Waals surface area contributed by atoms with Gasteiger partial charge in [0, 0.05) is 6.04 Å². The number of hydrogen-bond donors (Lipinski definition) is 1. The Hall–Kier alpha value is -0.820. The molecule has 1 atom stereocenters. The second kappa shape index (κ2) is 12.7. The molecule has 0 heterocycles. The predicted molar refractivity (Wildman–Crippen MR) is 99.2 cm³/mol. The van der Waals surface area contributed by atoms with Gasteiger partial charge in [0.2, 0.25) is 0 Å². The first-order valence-corrected chi connectivity index (χ1v) is 9.56. The van der Waals surface area contributed by atoms with E-state index >= 15 is 0 Å². The van der Waals surface area contributed by atoms with Crippen LogP contribution >= 0.6 is 0 Å². The summed E-state index contributed by atoms with van der Waals surface area (Å²) in [6.07, 6.45) is 16.5. The Balaban J connectivity index is 1.92. The number of nitrogens with two attached hydrogens (primary N) is 1. The normalized spacial score (nSPS) is 12.5. The molecule has 0 aromatic heterocycles. The highest BCUT2D eigenvalue weighted by Crippen LogP contribution is 2.19. The van der Waals surface area contributed by atoms with Crippen molar-refractivity contribution in [3.05, 3.63) is 35.4 Å². The maximum atomic E-state index is 6.27. The van der Waals surface area contributed by atoms with Gasteiger partial charge in [-0.1, -0.05) is 107 Å². The molecule has 1 aromatic carbocycles. The number of benzene rings is 1. The highest BCUT2D eigenvalue weighted by molar-refractivity contribution is 5.23. The second-order valence-electron chi connectivity index (χ2n) is 6.84. The van der Waals surface area contributed by atoms with E-state index in [9.17, 15) is 0 Å². The number of aryl methyl sites for hydroxylation is 1. The van der Waals surface area contributed by atoms with Gasteiger partial charge in [0.1, 0.15) is 0 Å². The van der Waals surface area contributed by atoms with Gasteiger partial charge in [0.15, 0.2) is 0 Å². The van der Waals surface area contributed by atoms with Crippen LogP contribution in [-0.4, -0.2) is 0 Å². The minimum atomic E-state index is 0.221. The molecule has 22 heavy (non-hydrogen) atoms. The lowest BCUT2D eigenvalue weighted by molar-refractivity contribution is 0.526. The zero-order valence-corrected chi connectivity index (χ0v) is 14.9. The highest BCUT2D eigenvalue weighted by atomic mass is 14.6. The van der Waals surface area contributed by atoms with Gasteiger partial charge in [-0.2, -0.15) is 0 Å². The summed E-state index contributed by atoms with van der Waals surface area (Å²) < 4.78 is 0. The molecule has 1 unspecified atom stereocenters. The maximum Gasteiger partial charge on any atom is 0.0294 e. The lowest BCUT2D eigenvalue weighted by Crippen LogP contribution is -2.09. The highest BCUT2D eigenvalue weighted by Gasteiger charge is 2.04. The standard InChI is InChI=1S/C21H37N/c1-3-4-5-6-7-8-9-10-11-12-13-14-21(22)20-17-15-19(2)16-18-20/h15-18,21H,3-14,22H2,1-2H3. The summed E-state index contributed by atoms with van der Waals surface area (Å²) in [7, 11) is 0. The molecular weight excluding hydrogens is 266 g/mol. The topological polar surface area (TPSA) is 26.0 Å². The van der Waals surface area contributed by atoms with Crippen molar-refractivity contribution in [1.29, 1.82) is 0 Å². The van der Waals surface area contributed by atoms with E-state index in [0.29, 0.717) is 0 Å². The molecule has 1 nitrogen and oxygen atoms in total. The van der Waals surface area contributed by atoms with Crippen LogP contribution in [0.5, 0.6) is 0 Å². The third kappa shape index (κ3) is 9.25. The zero-order valence-electron chi connectivity index (χ0n) is 14.9. The van der Waals surface area contributed by atoms with E-state index in [1.54, 1.807) is 0 Å². The first-order chi connectivity index (χ1) is 10.7. The van der Waals surface area contributed by atoms with Crippen molar-refractivity contribution in [2.24, 2.45) is 5.73 Å². The van der Waals surface area contributed by atoms with Crippen molar-refractivity contribution < 1.29 is 0 Å². The number of hydrogen-bond acceptors (Lipinski definition) is 1. The molecule has 2 N–H and O–H groups in total. The molecule has 126 valence electrons. The zero-order chi connectivity index (χ0) is 16.0. The summed E-state index contributed by atoms with van der Waals surface area (Å²) in [6.45, 7) is 4.41. The Labute approximate surface area is 138 Å². The second-order valence-corrected chi connectivity index (χ2v) is 6.84. The lowest BCUT2D eigenvalue weighted by atomic mass is 9.99. The first-order valence-electron chi connectivity index (χ1n) is 9.56. The minimum Gasteiger partial charge on any atom is -0.324 e. The van der Waals surface area contributed by atoms with Gasteiger partial charge in [0.05, 0.1) is 0 Å². The molecule has 0 fully saturated rings. The van der Waals surface area contributed by atoms with Crippen molar-refractivity contribution in [3.63, 3.8) is 0 Å². The van der Waals surface area contributed by atoms with Crippen LogP contribution < -0.4 is 5.73 Å². The monoisotopic (exact) mass is 303 g/mol. The van der Waals surface area contributed by atoms with Crippen LogP contribution in [0.25, 0.3) is 0 Å². The minimum absolute atomic E-state index is 0.221. The van der Waals surface area contributed by atoms with Crippen LogP contribution in [0.4, 0.5) is 0 Å². The van der Waals surface area contributed by atoms with Gasteiger partial charge in [-0.15, -0.1) is 0 Å². The Kier molecular flexibility index (Phi) is 11.1. The van der Waals surface area contributed by atoms with Crippen LogP contribution in [0.3, 0.4) is 0 Å². The number of rotatable bonds is 13. The van der Waals surface area contributed by atoms with Gasteiger partial charge in [-0.05, 0) is 18.9 Å². The molecule has 1 rings (SSSR count). The van der Waals surface area contributed by atoms with Gasteiger partial charge in [-0.3, -0.25) is 0 Å². The molecule has 1 heteroatoms. The maximum absolute atomic E-state index is 6.27. The van der Waals surface area contributed by atoms with Crippen LogP contribution in [0.2, 0.25) is 0 Å². The lowest BCUT2D eigenvalue weighted by Gasteiger charge is -2.12. The molecule has 0 bridgehead atoms. The average Bonchev–Trinajstić information content (AvgIpc) is 2.53. The molecule has 0 saturated carbocycles. The van der Waals surface area contributed by atoms with E-state index in [1.807, 2.05) is 0 Å². The Morgan fingerprint density at radius 2 is 1.18 bits per heavy atom. The van der Waals surface area contributed by atoms with E-state index in [1.165, 1.54) is 81.8 Å². The summed E-state index contributed by atoms with van der Waals surface area (Å²) in [5, 5.41) is 0. The van der Waals surface area contributed by atoms with E-state index in [2.05, 4.69) is 38.1 Å².